The fraction of sp³-hybridized carbons (Fsp3) is 0.154. The first-order valence-electron chi connectivity index (χ1n) is 10.6. The van der Waals surface area contributed by atoms with Gasteiger partial charge in [-0.3, -0.25) is 14.7 Å². The lowest BCUT2D eigenvalue weighted by Gasteiger charge is -2.32. The molecule has 1 aromatic heterocycles. The van der Waals surface area contributed by atoms with Crippen molar-refractivity contribution < 1.29 is 9.53 Å². The molecule has 0 spiro atoms. The Labute approximate surface area is 203 Å². The zero-order valence-corrected chi connectivity index (χ0v) is 19.3. The molecule has 1 amide bonds. The number of anilines is 1. The van der Waals surface area contributed by atoms with Crippen LogP contribution in [0.25, 0.3) is 0 Å². The van der Waals surface area contributed by atoms with Crippen LogP contribution in [0.15, 0.2) is 83.9 Å². The summed E-state index contributed by atoms with van der Waals surface area (Å²) in [5.41, 5.74) is 2.74. The third-order valence-electron chi connectivity index (χ3n) is 5.26. The van der Waals surface area contributed by atoms with Crippen LogP contribution in [0.4, 0.5) is 5.69 Å². The first kappa shape index (κ1) is 23.0. The van der Waals surface area contributed by atoms with Gasteiger partial charge in [0.05, 0.1) is 19.0 Å². The molecule has 1 N–H and O–H groups in total. The van der Waals surface area contributed by atoms with Crippen LogP contribution < -0.4 is 10.1 Å². The molecular weight excluding hydrogens is 450 g/mol. The molecule has 4 rings (SSSR count). The van der Waals surface area contributed by atoms with Crippen LogP contribution in [0.5, 0.6) is 11.6 Å². The number of amides is 1. The van der Waals surface area contributed by atoms with Gasteiger partial charge in [0.25, 0.3) is 0 Å². The van der Waals surface area contributed by atoms with Crippen LogP contribution in [0.1, 0.15) is 18.2 Å². The Morgan fingerprint density at radius 2 is 1.94 bits per heavy atom. The predicted octanol–water partition coefficient (Wildman–Crippen LogP) is 5.40. The number of halogens is 1. The van der Waals surface area contributed by atoms with E-state index in [2.05, 4.69) is 21.9 Å². The first-order chi connectivity index (χ1) is 16.4. The minimum atomic E-state index is -0.356. The number of nitrogens with one attached hydrogen (secondary N) is 1. The van der Waals surface area contributed by atoms with Crippen LogP contribution >= 0.6 is 11.6 Å². The number of nitriles is 1. The SMILES string of the molecule is C=C(C)C1CN=C(Nc2ccc(Oc3cccc(C#N)n3)cc2)N(Cc2ccc(Cl)cc2)C1=O. The fourth-order valence-electron chi connectivity index (χ4n) is 3.42. The highest BCUT2D eigenvalue weighted by molar-refractivity contribution is 6.30. The van der Waals surface area contributed by atoms with E-state index in [1.807, 2.05) is 37.3 Å². The van der Waals surface area contributed by atoms with Crippen molar-refractivity contribution in [3.05, 3.63) is 95.2 Å². The zero-order chi connectivity index (χ0) is 24.1. The summed E-state index contributed by atoms with van der Waals surface area (Å²) >= 11 is 6.01. The maximum Gasteiger partial charge on any atom is 0.238 e. The van der Waals surface area contributed by atoms with Gasteiger partial charge in [-0.15, -0.1) is 0 Å². The third-order valence-corrected chi connectivity index (χ3v) is 5.52. The minimum Gasteiger partial charge on any atom is -0.439 e. The molecule has 1 aliphatic rings. The molecule has 0 saturated heterocycles. The highest BCUT2D eigenvalue weighted by Gasteiger charge is 2.32. The summed E-state index contributed by atoms with van der Waals surface area (Å²) in [5, 5.41) is 12.9. The molecule has 0 radical (unpaired) electrons. The van der Waals surface area contributed by atoms with Gasteiger partial charge >= 0.3 is 0 Å². The Balaban J connectivity index is 1.51. The number of hydrogen-bond acceptors (Lipinski definition) is 6. The van der Waals surface area contributed by atoms with E-state index in [1.165, 1.54) is 0 Å². The van der Waals surface area contributed by atoms with E-state index in [9.17, 15) is 4.79 Å². The normalized spacial score (nSPS) is 15.3. The van der Waals surface area contributed by atoms with E-state index in [4.69, 9.17) is 21.6 Å². The van der Waals surface area contributed by atoms with Gasteiger partial charge in [0.2, 0.25) is 17.7 Å². The van der Waals surface area contributed by atoms with Gasteiger partial charge < -0.3 is 10.1 Å². The van der Waals surface area contributed by atoms with Crippen molar-refractivity contribution in [2.24, 2.45) is 10.9 Å². The maximum atomic E-state index is 13.2. The highest BCUT2D eigenvalue weighted by atomic mass is 35.5. The number of rotatable bonds is 6. The molecule has 170 valence electrons. The standard InChI is InChI=1S/C26H22ClN5O2/c1-17(2)23-15-29-26(32(25(23)33)16-18-6-8-19(27)9-7-18)31-20-10-12-22(13-11-20)34-24-5-3-4-21(14-28)30-24/h3-13,23H,1,15-16H2,2H3,(H,29,31). The van der Waals surface area contributed by atoms with Crippen LogP contribution in [0.2, 0.25) is 5.02 Å². The van der Waals surface area contributed by atoms with Crippen LogP contribution in [0.3, 0.4) is 0 Å². The van der Waals surface area contributed by atoms with Gasteiger partial charge in [0.1, 0.15) is 17.5 Å². The molecule has 7 nitrogen and oxygen atoms in total. The average molecular weight is 472 g/mol. The number of nitrogens with zero attached hydrogens (tertiary/aromatic N) is 4. The number of carbonyl (C=O) groups excluding carboxylic acids is 1. The van der Waals surface area contributed by atoms with Crippen molar-refractivity contribution >= 4 is 29.2 Å². The monoisotopic (exact) mass is 471 g/mol. The molecule has 0 saturated carbocycles. The lowest BCUT2D eigenvalue weighted by molar-refractivity contribution is -0.131. The van der Waals surface area contributed by atoms with Crippen molar-refractivity contribution in [2.45, 2.75) is 13.5 Å². The molecule has 2 aromatic carbocycles. The first-order valence-corrected chi connectivity index (χ1v) is 11.0. The molecule has 1 aliphatic heterocycles. The Hall–Kier alpha value is -4.15. The van der Waals surface area contributed by atoms with E-state index >= 15 is 0 Å². The van der Waals surface area contributed by atoms with Gasteiger partial charge in [-0.2, -0.15) is 5.26 Å². The molecule has 1 atom stereocenters. The molecule has 34 heavy (non-hydrogen) atoms. The van der Waals surface area contributed by atoms with Gasteiger partial charge in [-0.1, -0.05) is 42.0 Å². The predicted molar refractivity (Wildman–Crippen MR) is 132 cm³/mol. The molecule has 0 fully saturated rings. The smallest absolute Gasteiger partial charge is 0.238 e. The Morgan fingerprint density at radius 3 is 2.62 bits per heavy atom. The van der Waals surface area contributed by atoms with Gasteiger partial charge in [0, 0.05) is 16.8 Å². The number of pyridine rings is 1. The largest absolute Gasteiger partial charge is 0.439 e. The highest BCUT2D eigenvalue weighted by Crippen LogP contribution is 2.25. The van der Waals surface area contributed by atoms with Crippen LogP contribution in [-0.2, 0) is 11.3 Å². The Morgan fingerprint density at radius 1 is 1.21 bits per heavy atom. The number of guanidine groups is 1. The van der Waals surface area contributed by atoms with Crippen molar-refractivity contribution in [1.29, 1.82) is 5.26 Å². The maximum absolute atomic E-state index is 13.2. The van der Waals surface area contributed by atoms with Crippen LogP contribution in [0, 0.1) is 17.2 Å². The number of ether oxygens (including phenoxy) is 1. The summed E-state index contributed by atoms with van der Waals surface area (Å²) < 4.78 is 5.73. The van der Waals surface area contributed by atoms with E-state index in [0.29, 0.717) is 35.7 Å². The van der Waals surface area contributed by atoms with Gasteiger partial charge in [-0.05, 0) is 55.0 Å². The summed E-state index contributed by atoms with van der Waals surface area (Å²) in [6.07, 6.45) is 0. The number of aromatic nitrogens is 1. The zero-order valence-electron chi connectivity index (χ0n) is 18.5. The minimum absolute atomic E-state index is 0.0525. The average Bonchev–Trinajstić information content (AvgIpc) is 2.83. The lowest BCUT2D eigenvalue weighted by atomic mass is 9.99. The molecule has 0 bridgehead atoms. The van der Waals surface area contributed by atoms with Gasteiger partial charge in [0.15, 0.2) is 0 Å². The molecule has 3 aromatic rings. The van der Waals surface area contributed by atoms with Gasteiger partial charge in [-0.25, -0.2) is 4.98 Å². The molecule has 2 heterocycles. The van der Waals surface area contributed by atoms with E-state index in [-0.39, 0.29) is 17.5 Å². The second-order valence-electron chi connectivity index (χ2n) is 7.84. The lowest BCUT2D eigenvalue weighted by Crippen LogP contribution is -2.48. The third kappa shape index (κ3) is 5.42. The summed E-state index contributed by atoms with van der Waals surface area (Å²) in [4.78, 5) is 23.6. The quantitative estimate of drug-likeness (QED) is 0.486. The number of hydrogen-bond donors (Lipinski definition) is 1. The number of carbonyl (C=O) groups is 1. The number of benzene rings is 2. The number of aliphatic imine (C=N–C) groups is 1. The summed E-state index contributed by atoms with van der Waals surface area (Å²) in [7, 11) is 0. The van der Waals surface area contributed by atoms with Crippen molar-refractivity contribution in [3.63, 3.8) is 0 Å². The summed E-state index contributed by atoms with van der Waals surface area (Å²) in [6, 6.07) is 21.5. The van der Waals surface area contributed by atoms with Crippen LogP contribution in [-0.4, -0.2) is 28.3 Å². The molecule has 8 heteroatoms. The fourth-order valence-corrected chi connectivity index (χ4v) is 3.55. The summed E-state index contributed by atoms with van der Waals surface area (Å²) in [5.74, 6) is 0.959. The van der Waals surface area contributed by atoms with Crippen molar-refractivity contribution in [1.82, 2.24) is 9.88 Å². The second kappa shape index (κ2) is 10.2. The Bertz CT molecular complexity index is 1280. The van der Waals surface area contributed by atoms with E-state index in [0.717, 1.165) is 16.8 Å². The van der Waals surface area contributed by atoms with Crippen molar-refractivity contribution in [2.75, 3.05) is 11.9 Å². The Kier molecular flexibility index (Phi) is 6.90. The molecular formula is C26H22ClN5O2. The van der Waals surface area contributed by atoms with E-state index in [1.54, 1.807) is 47.4 Å². The topological polar surface area (TPSA) is 90.6 Å². The second-order valence-corrected chi connectivity index (χ2v) is 8.27. The van der Waals surface area contributed by atoms with Crippen molar-refractivity contribution in [3.8, 4) is 17.7 Å². The van der Waals surface area contributed by atoms with E-state index < -0.39 is 0 Å². The molecule has 0 aliphatic carbocycles. The molecule has 1 unspecified atom stereocenters. The summed E-state index contributed by atoms with van der Waals surface area (Å²) in [6.45, 7) is 6.50.